The van der Waals surface area contributed by atoms with Crippen LogP contribution >= 0.6 is 0 Å². The Kier molecular flexibility index (Phi) is 4.68. The molecule has 1 heterocycles. The van der Waals surface area contributed by atoms with Crippen LogP contribution in [0.25, 0.3) is 0 Å². The molecule has 1 N–H and O–H groups in total. The number of likely N-dealkylation sites (N-methyl/N-ethyl adjacent to an activating group) is 1. The first-order valence-electron chi connectivity index (χ1n) is 7.71. The van der Waals surface area contributed by atoms with Crippen LogP contribution in [0.1, 0.15) is 46.5 Å². The van der Waals surface area contributed by atoms with Crippen molar-refractivity contribution in [3.63, 3.8) is 0 Å². The average molecular weight is 253 g/mol. The summed E-state index contributed by atoms with van der Waals surface area (Å²) in [5, 5.41) is 3.72. The van der Waals surface area contributed by atoms with Crippen LogP contribution < -0.4 is 5.32 Å². The lowest BCUT2D eigenvalue weighted by Crippen LogP contribution is -2.61. The van der Waals surface area contributed by atoms with Crippen molar-refractivity contribution in [1.29, 1.82) is 0 Å². The van der Waals surface area contributed by atoms with E-state index in [0.717, 1.165) is 12.1 Å². The molecule has 3 heteroatoms. The molecule has 0 amide bonds. The molecule has 1 aliphatic carbocycles. The maximum Gasteiger partial charge on any atom is 0.0277 e. The standard InChI is InChI=1S/C15H31N3/c1-5-6-14(11-16-13-7-8-13)18-10-9-17(4)15(2,3)12-18/h13-14,16H,5-12H2,1-4H3. The van der Waals surface area contributed by atoms with Crippen LogP contribution in [0.2, 0.25) is 0 Å². The van der Waals surface area contributed by atoms with E-state index in [2.05, 4.69) is 42.9 Å². The van der Waals surface area contributed by atoms with E-state index in [0.29, 0.717) is 5.54 Å². The Labute approximate surface area is 113 Å². The van der Waals surface area contributed by atoms with Crippen molar-refractivity contribution >= 4 is 0 Å². The highest BCUT2D eigenvalue weighted by atomic mass is 15.3. The van der Waals surface area contributed by atoms with Gasteiger partial charge in [-0.1, -0.05) is 13.3 Å². The predicted molar refractivity (Wildman–Crippen MR) is 78.0 cm³/mol. The Morgan fingerprint density at radius 1 is 1.28 bits per heavy atom. The first kappa shape index (κ1) is 14.3. The second-order valence-electron chi connectivity index (χ2n) is 6.83. The van der Waals surface area contributed by atoms with Crippen LogP contribution in [-0.4, -0.2) is 60.6 Å². The van der Waals surface area contributed by atoms with Gasteiger partial charge in [0.25, 0.3) is 0 Å². The van der Waals surface area contributed by atoms with Gasteiger partial charge in [-0.3, -0.25) is 9.80 Å². The monoisotopic (exact) mass is 253 g/mol. The third-order valence-electron chi connectivity index (χ3n) is 4.70. The van der Waals surface area contributed by atoms with Crippen molar-refractivity contribution in [3.05, 3.63) is 0 Å². The van der Waals surface area contributed by atoms with Crippen molar-refractivity contribution in [3.8, 4) is 0 Å². The number of rotatable bonds is 6. The van der Waals surface area contributed by atoms with Gasteiger partial charge in [0.1, 0.15) is 0 Å². The molecule has 0 aromatic rings. The molecule has 1 atom stereocenters. The molecule has 2 fully saturated rings. The number of piperazine rings is 1. The Morgan fingerprint density at radius 3 is 2.56 bits per heavy atom. The summed E-state index contributed by atoms with van der Waals surface area (Å²) in [6, 6.07) is 1.58. The van der Waals surface area contributed by atoms with Crippen molar-refractivity contribution in [2.45, 2.75) is 64.1 Å². The predicted octanol–water partition coefficient (Wildman–Crippen LogP) is 1.93. The molecule has 0 aromatic heterocycles. The van der Waals surface area contributed by atoms with E-state index in [-0.39, 0.29) is 0 Å². The molecule has 0 bridgehead atoms. The lowest BCUT2D eigenvalue weighted by atomic mass is 9.97. The van der Waals surface area contributed by atoms with Gasteiger partial charge in [0.05, 0.1) is 0 Å². The molecule has 2 rings (SSSR count). The van der Waals surface area contributed by atoms with Crippen molar-refractivity contribution in [1.82, 2.24) is 15.1 Å². The van der Waals surface area contributed by atoms with Crippen molar-refractivity contribution < 1.29 is 0 Å². The zero-order valence-corrected chi connectivity index (χ0v) is 12.7. The summed E-state index contributed by atoms with van der Waals surface area (Å²) >= 11 is 0. The summed E-state index contributed by atoms with van der Waals surface area (Å²) in [5.74, 6) is 0. The molecule has 1 aliphatic heterocycles. The molecule has 3 nitrogen and oxygen atoms in total. The molecule has 106 valence electrons. The van der Waals surface area contributed by atoms with Crippen LogP contribution in [0.15, 0.2) is 0 Å². The summed E-state index contributed by atoms with van der Waals surface area (Å²) in [6.45, 7) is 11.9. The minimum atomic E-state index is 0.323. The van der Waals surface area contributed by atoms with Crippen molar-refractivity contribution in [2.24, 2.45) is 0 Å². The lowest BCUT2D eigenvalue weighted by Gasteiger charge is -2.48. The van der Waals surface area contributed by atoms with E-state index in [9.17, 15) is 0 Å². The smallest absolute Gasteiger partial charge is 0.0277 e. The van der Waals surface area contributed by atoms with Crippen LogP contribution in [0.5, 0.6) is 0 Å². The Balaban J connectivity index is 1.88. The molecule has 0 aromatic carbocycles. The van der Waals surface area contributed by atoms with Gasteiger partial charge >= 0.3 is 0 Å². The molecule has 0 radical (unpaired) electrons. The molecule has 18 heavy (non-hydrogen) atoms. The zero-order chi connectivity index (χ0) is 13.2. The third kappa shape index (κ3) is 3.69. The fourth-order valence-electron chi connectivity index (χ4n) is 2.93. The van der Waals surface area contributed by atoms with E-state index in [1.54, 1.807) is 0 Å². The SMILES string of the molecule is CCCC(CNC1CC1)N1CCN(C)C(C)(C)C1. The fraction of sp³-hybridized carbons (Fsp3) is 1.00. The van der Waals surface area contributed by atoms with E-state index < -0.39 is 0 Å². The van der Waals surface area contributed by atoms with Crippen LogP contribution in [0.4, 0.5) is 0 Å². The van der Waals surface area contributed by atoms with Crippen LogP contribution in [0.3, 0.4) is 0 Å². The third-order valence-corrected chi connectivity index (χ3v) is 4.70. The van der Waals surface area contributed by atoms with Gasteiger partial charge in [-0.25, -0.2) is 0 Å². The van der Waals surface area contributed by atoms with E-state index in [1.807, 2.05) is 0 Å². The van der Waals surface area contributed by atoms with Gasteiger partial charge in [0.2, 0.25) is 0 Å². The second-order valence-corrected chi connectivity index (χ2v) is 6.83. The molecule has 1 saturated carbocycles. The number of nitrogens with zero attached hydrogens (tertiary/aromatic N) is 2. The summed E-state index contributed by atoms with van der Waals surface area (Å²) < 4.78 is 0. The summed E-state index contributed by atoms with van der Waals surface area (Å²) in [4.78, 5) is 5.22. The highest BCUT2D eigenvalue weighted by Gasteiger charge is 2.34. The Bertz CT molecular complexity index is 260. The van der Waals surface area contributed by atoms with Gasteiger partial charge in [-0.05, 0) is 40.2 Å². The minimum absolute atomic E-state index is 0.323. The van der Waals surface area contributed by atoms with Gasteiger partial charge in [-0.2, -0.15) is 0 Å². The quantitative estimate of drug-likeness (QED) is 0.780. The van der Waals surface area contributed by atoms with E-state index >= 15 is 0 Å². The molecular formula is C15H31N3. The molecular weight excluding hydrogens is 222 g/mol. The lowest BCUT2D eigenvalue weighted by molar-refractivity contribution is 0.0145. The van der Waals surface area contributed by atoms with Gasteiger partial charge in [0, 0.05) is 43.8 Å². The number of hydrogen-bond donors (Lipinski definition) is 1. The fourth-order valence-corrected chi connectivity index (χ4v) is 2.93. The molecule has 1 saturated heterocycles. The molecule has 0 spiro atoms. The number of hydrogen-bond acceptors (Lipinski definition) is 3. The van der Waals surface area contributed by atoms with Gasteiger partial charge in [0.15, 0.2) is 0 Å². The summed E-state index contributed by atoms with van der Waals surface area (Å²) in [6.07, 6.45) is 5.42. The second kappa shape index (κ2) is 5.89. The maximum absolute atomic E-state index is 3.72. The van der Waals surface area contributed by atoms with E-state index in [1.165, 1.54) is 51.9 Å². The van der Waals surface area contributed by atoms with E-state index in [4.69, 9.17) is 0 Å². The normalized spacial score (nSPS) is 27.3. The summed E-state index contributed by atoms with van der Waals surface area (Å²) in [7, 11) is 2.26. The first-order chi connectivity index (χ1) is 8.53. The largest absolute Gasteiger partial charge is 0.312 e. The highest BCUT2D eigenvalue weighted by Crippen LogP contribution is 2.23. The topological polar surface area (TPSA) is 18.5 Å². The van der Waals surface area contributed by atoms with Crippen LogP contribution in [-0.2, 0) is 0 Å². The van der Waals surface area contributed by atoms with Crippen molar-refractivity contribution in [2.75, 3.05) is 33.2 Å². The average Bonchev–Trinajstić information content (AvgIpc) is 3.12. The maximum atomic E-state index is 3.72. The zero-order valence-electron chi connectivity index (χ0n) is 12.7. The Morgan fingerprint density at radius 2 is 2.00 bits per heavy atom. The number of nitrogens with one attached hydrogen (secondary N) is 1. The Hall–Kier alpha value is -0.120. The highest BCUT2D eigenvalue weighted by molar-refractivity contribution is 4.92. The molecule has 1 unspecified atom stereocenters. The summed E-state index contributed by atoms with van der Waals surface area (Å²) in [5.41, 5.74) is 0.323. The van der Waals surface area contributed by atoms with Gasteiger partial charge in [-0.15, -0.1) is 0 Å². The van der Waals surface area contributed by atoms with Crippen LogP contribution in [0, 0.1) is 0 Å². The van der Waals surface area contributed by atoms with Gasteiger partial charge < -0.3 is 5.32 Å². The first-order valence-corrected chi connectivity index (χ1v) is 7.71. The minimum Gasteiger partial charge on any atom is -0.312 e. The molecule has 2 aliphatic rings.